The Morgan fingerprint density at radius 2 is 1.74 bits per heavy atom. The number of hydrogen-bond acceptors (Lipinski definition) is 5. The van der Waals surface area contributed by atoms with Crippen LogP contribution in [0.25, 0.3) is 0 Å². The lowest BCUT2D eigenvalue weighted by Gasteiger charge is -2.33. The molecule has 3 amide bonds. The summed E-state index contributed by atoms with van der Waals surface area (Å²) in [6.07, 6.45) is 0. The third-order valence-electron chi connectivity index (χ3n) is 6.25. The third kappa shape index (κ3) is 4.22. The maximum absolute atomic E-state index is 13.1. The van der Waals surface area contributed by atoms with E-state index in [-0.39, 0.29) is 11.9 Å². The molecule has 2 fully saturated rings. The zero-order valence-electron chi connectivity index (χ0n) is 18.0. The number of imide groups is 1. The monoisotopic (exact) mass is 465 g/mol. The van der Waals surface area contributed by atoms with Gasteiger partial charge in [-0.15, -0.1) is 0 Å². The molecule has 1 unspecified atom stereocenters. The highest BCUT2D eigenvalue weighted by molar-refractivity contribution is 6.35. The van der Waals surface area contributed by atoms with Crippen LogP contribution in [0.3, 0.4) is 0 Å². The second-order valence-corrected chi connectivity index (χ2v) is 8.95. The highest BCUT2D eigenvalue weighted by Crippen LogP contribution is 2.25. The van der Waals surface area contributed by atoms with Gasteiger partial charge in [0.15, 0.2) is 0 Å². The van der Waals surface area contributed by atoms with Crippen molar-refractivity contribution in [2.75, 3.05) is 53.4 Å². The van der Waals surface area contributed by atoms with Gasteiger partial charge in [0.25, 0.3) is 17.8 Å². The van der Waals surface area contributed by atoms with Gasteiger partial charge in [-0.25, -0.2) is 9.37 Å². The molecule has 8 nitrogen and oxygen atoms in total. The van der Waals surface area contributed by atoms with Crippen molar-refractivity contribution in [1.29, 1.82) is 0 Å². The van der Waals surface area contributed by atoms with Crippen LogP contribution in [0.15, 0.2) is 23.2 Å². The number of rotatable bonds is 5. The minimum absolute atomic E-state index is 0.280. The summed E-state index contributed by atoms with van der Waals surface area (Å²) in [6, 6.07) is 4.33. The Kier molecular flexibility index (Phi) is 6.35. The molecular weight excluding hydrogens is 439 g/mol. The molecule has 3 aliphatic heterocycles. The molecule has 166 valence electrons. The van der Waals surface area contributed by atoms with E-state index in [4.69, 9.17) is 28.2 Å². The molecule has 1 aromatic rings. The van der Waals surface area contributed by atoms with Crippen LogP contribution >= 0.6 is 23.2 Å². The Bertz CT molecular complexity index is 971. The van der Waals surface area contributed by atoms with Gasteiger partial charge in [-0.2, -0.15) is 0 Å². The number of hydrogen-bond donors (Lipinski definition) is 0. The number of carbonyl (C=O) groups excluding carboxylic acids is 2. The molecule has 1 atom stereocenters. The first-order valence-corrected chi connectivity index (χ1v) is 11.2. The summed E-state index contributed by atoms with van der Waals surface area (Å²) in [5.74, 6) is 0.970. The van der Waals surface area contributed by atoms with Crippen molar-refractivity contribution >= 4 is 46.8 Å². The van der Waals surface area contributed by atoms with Gasteiger partial charge in [0.1, 0.15) is 13.1 Å². The summed E-state index contributed by atoms with van der Waals surface area (Å²) < 4.78 is 1.97. The Balaban J connectivity index is 1.67. The van der Waals surface area contributed by atoms with Crippen molar-refractivity contribution in [3.05, 3.63) is 33.8 Å². The van der Waals surface area contributed by atoms with E-state index in [0.717, 1.165) is 49.0 Å². The van der Waals surface area contributed by atoms with Gasteiger partial charge in [-0.1, -0.05) is 36.2 Å². The van der Waals surface area contributed by atoms with Gasteiger partial charge in [0.2, 0.25) is 0 Å². The summed E-state index contributed by atoms with van der Waals surface area (Å²) in [4.78, 5) is 37.7. The molecule has 0 spiro atoms. The molecule has 3 heterocycles. The van der Waals surface area contributed by atoms with E-state index in [9.17, 15) is 9.59 Å². The van der Waals surface area contributed by atoms with Crippen LogP contribution in [-0.4, -0.2) is 107 Å². The summed E-state index contributed by atoms with van der Waals surface area (Å²) >= 11 is 12.5. The lowest BCUT2D eigenvalue weighted by molar-refractivity contribution is -0.552. The number of likely N-dealkylation sites (N-methyl/N-ethyl adjacent to an activating group) is 3. The number of amidine groups is 2. The zero-order chi connectivity index (χ0) is 22.3. The molecule has 0 radical (unpaired) electrons. The zero-order valence-corrected chi connectivity index (χ0v) is 19.5. The van der Waals surface area contributed by atoms with Gasteiger partial charge in [-0.3, -0.25) is 19.5 Å². The molecular formula is C21H27Cl2N6O2+. The third-order valence-corrected chi connectivity index (χ3v) is 6.83. The fraction of sp³-hybridized carbons (Fsp3) is 0.524. The number of nitrogens with zero attached hydrogens (tertiary/aromatic N) is 6. The molecule has 0 aromatic heterocycles. The Hall–Kier alpha value is -2.00. The lowest BCUT2D eigenvalue weighted by atomic mass is 10.1. The first-order chi connectivity index (χ1) is 14.8. The second-order valence-electron chi connectivity index (χ2n) is 8.10. The van der Waals surface area contributed by atoms with Crippen molar-refractivity contribution in [3.63, 3.8) is 0 Å². The lowest BCUT2D eigenvalue weighted by Crippen LogP contribution is -2.61. The number of benzene rings is 1. The number of aliphatic imine (C=N–C) groups is 1. The summed E-state index contributed by atoms with van der Waals surface area (Å²) in [5.41, 5.74) is 0.853. The first kappa shape index (κ1) is 22.2. The van der Waals surface area contributed by atoms with Gasteiger partial charge < -0.3 is 4.90 Å². The fourth-order valence-corrected chi connectivity index (χ4v) is 4.72. The van der Waals surface area contributed by atoms with Crippen molar-refractivity contribution in [2.24, 2.45) is 4.99 Å². The standard InChI is InChI=1S/C21H27Cl2N6O2/c1-4-27-7-9-28(10-8-27)13-17-24-19-18(20(30)26(3)21(31)25(19)2)29(17)12-14-5-6-15(22)11-16(14)23/h5-6,11,18H,4,7-10,12-13H2,1-3H3/q+1. The quantitative estimate of drug-likeness (QED) is 0.622. The maximum atomic E-state index is 13.1. The van der Waals surface area contributed by atoms with Crippen LogP contribution in [0.1, 0.15) is 12.5 Å². The van der Waals surface area contributed by atoms with E-state index in [1.54, 1.807) is 19.2 Å². The number of carbonyl (C=O) groups is 2. The Morgan fingerprint density at radius 1 is 1.06 bits per heavy atom. The predicted octanol–water partition coefficient (Wildman–Crippen LogP) is 1.85. The van der Waals surface area contributed by atoms with E-state index in [0.29, 0.717) is 29.0 Å². The van der Waals surface area contributed by atoms with Crippen LogP contribution in [0, 0.1) is 0 Å². The SMILES string of the molecule is CCN1CCN(CC2=[N+](Cc3ccc(Cl)cc3Cl)C3C(=O)N(C)C(=O)N(C)C3=N2)CC1. The molecule has 31 heavy (non-hydrogen) atoms. The van der Waals surface area contributed by atoms with E-state index >= 15 is 0 Å². The molecule has 0 N–H and O–H groups in total. The highest BCUT2D eigenvalue weighted by atomic mass is 35.5. The smallest absolute Gasteiger partial charge is 0.301 e. The summed E-state index contributed by atoms with van der Waals surface area (Å²) in [6.45, 7) is 8.12. The van der Waals surface area contributed by atoms with Crippen LogP contribution in [0.4, 0.5) is 4.79 Å². The van der Waals surface area contributed by atoms with Gasteiger partial charge >= 0.3 is 11.9 Å². The molecule has 4 rings (SSSR count). The molecule has 1 aromatic carbocycles. The molecule has 2 saturated heterocycles. The minimum Gasteiger partial charge on any atom is -0.301 e. The largest absolute Gasteiger partial charge is 0.333 e. The van der Waals surface area contributed by atoms with E-state index < -0.39 is 6.04 Å². The average molecular weight is 466 g/mol. The maximum Gasteiger partial charge on any atom is 0.333 e. The molecule has 0 aliphatic carbocycles. The first-order valence-electron chi connectivity index (χ1n) is 10.4. The molecule has 0 saturated carbocycles. The van der Waals surface area contributed by atoms with Crippen molar-refractivity contribution in [2.45, 2.75) is 19.5 Å². The summed E-state index contributed by atoms with van der Waals surface area (Å²) in [7, 11) is 3.17. The Morgan fingerprint density at radius 3 is 2.39 bits per heavy atom. The second kappa shape index (κ2) is 8.86. The molecule has 10 heteroatoms. The van der Waals surface area contributed by atoms with Crippen molar-refractivity contribution < 1.29 is 14.2 Å². The number of fused-ring (bicyclic) bond motifs is 1. The van der Waals surface area contributed by atoms with Crippen molar-refractivity contribution in [1.82, 2.24) is 19.6 Å². The average Bonchev–Trinajstić information content (AvgIpc) is 3.11. The highest BCUT2D eigenvalue weighted by Gasteiger charge is 2.53. The summed E-state index contributed by atoms with van der Waals surface area (Å²) in [5, 5.41) is 1.10. The van der Waals surface area contributed by atoms with Gasteiger partial charge in [0.05, 0.1) is 0 Å². The van der Waals surface area contributed by atoms with Crippen LogP contribution < -0.4 is 0 Å². The normalized spacial score (nSPS) is 23.0. The van der Waals surface area contributed by atoms with Crippen LogP contribution in [0.2, 0.25) is 10.0 Å². The van der Waals surface area contributed by atoms with Crippen LogP contribution in [-0.2, 0) is 11.3 Å². The van der Waals surface area contributed by atoms with Crippen LogP contribution in [0.5, 0.6) is 0 Å². The van der Waals surface area contributed by atoms with Gasteiger partial charge in [-0.05, 0) is 23.7 Å². The Labute approximate surface area is 192 Å². The fourth-order valence-electron chi connectivity index (χ4n) is 4.25. The van der Waals surface area contributed by atoms with Gasteiger partial charge in [0, 0.05) is 55.9 Å². The predicted molar refractivity (Wildman–Crippen MR) is 121 cm³/mol. The minimum atomic E-state index is -0.647. The number of urea groups is 1. The number of halogens is 2. The molecule has 0 bridgehead atoms. The molecule has 3 aliphatic rings. The van der Waals surface area contributed by atoms with E-state index in [1.807, 2.05) is 10.6 Å². The number of amides is 3. The number of piperazine rings is 1. The van der Waals surface area contributed by atoms with Crippen molar-refractivity contribution in [3.8, 4) is 0 Å². The topological polar surface area (TPSA) is 62.5 Å². The van der Waals surface area contributed by atoms with E-state index in [2.05, 4.69) is 16.7 Å². The van der Waals surface area contributed by atoms with E-state index in [1.165, 1.54) is 11.9 Å².